The number of nitrogens with one attached hydrogen (secondary N) is 1. The predicted molar refractivity (Wildman–Crippen MR) is 88.0 cm³/mol. The minimum atomic E-state index is -0.253. The lowest BCUT2D eigenvalue weighted by molar-refractivity contribution is 0.303. The fourth-order valence-corrected chi connectivity index (χ4v) is 2.25. The second kappa shape index (κ2) is 7.54. The van der Waals surface area contributed by atoms with Crippen molar-refractivity contribution in [2.45, 2.75) is 26.6 Å². The topological polar surface area (TPSA) is 64.9 Å². The third-order valence-electron chi connectivity index (χ3n) is 3.55. The molecular weight excluding hydrogens is 309 g/mol. The van der Waals surface area contributed by atoms with Gasteiger partial charge in [0.15, 0.2) is 0 Å². The summed E-state index contributed by atoms with van der Waals surface area (Å²) in [5.41, 5.74) is 1.90. The molecule has 0 fully saturated rings. The van der Waals surface area contributed by atoms with Gasteiger partial charge < -0.3 is 10.1 Å². The molecule has 0 radical (unpaired) electrons. The standard InChI is InChI=1S/C17H18FN5O/c1-2-23-17(20-21-22-23)19-11-14-5-3-4-6-16(14)24-12-13-7-9-15(18)10-8-13/h3-10H,2,11-12H2,1H3,(H,19,20,22). The summed E-state index contributed by atoms with van der Waals surface area (Å²) >= 11 is 0. The Morgan fingerprint density at radius 3 is 2.71 bits per heavy atom. The Morgan fingerprint density at radius 1 is 1.12 bits per heavy atom. The van der Waals surface area contributed by atoms with E-state index in [-0.39, 0.29) is 5.82 Å². The summed E-state index contributed by atoms with van der Waals surface area (Å²) in [6, 6.07) is 14.0. The zero-order valence-electron chi connectivity index (χ0n) is 13.3. The molecule has 0 saturated carbocycles. The molecular formula is C17H18FN5O. The first-order chi connectivity index (χ1) is 11.8. The van der Waals surface area contributed by atoms with Gasteiger partial charge in [-0.3, -0.25) is 0 Å². The number of nitrogens with zero attached hydrogens (tertiary/aromatic N) is 4. The molecule has 124 valence electrons. The zero-order valence-corrected chi connectivity index (χ0v) is 13.3. The predicted octanol–water partition coefficient (Wildman–Crippen LogP) is 3.02. The zero-order chi connectivity index (χ0) is 16.8. The first kappa shape index (κ1) is 15.9. The van der Waals surface area contributed by atoms with E-state index in [4.69, 9.17) is 4.74 Å². The van der Waals surface area contributed by atoms with E-state index < -0.39 is 0 Å². The van der Waals surface area contributed by atoms with Crippen LogP contribution in [0.4, 0.5) is 10.3 Å². The molecule has 7 heteroatoms. The normalized spacial score (nSPS) is 10.6. The Morgan fingerprint density at radius 2 is 1.92 bits per heavy atom. The van der Waals surface area contributed by atoms with Crippen molar-refractivity contribution in [3.63, 3.8) is 0 Å². The van der Waals surface area contributed by atoms with E-state index in [1.54, 1.807) is 16.8 Å². The summed E-state index contributed by atoms with van der Waals surface area (Å²) < 4.78 is 20.5. The Balaban J connectivity index is 1.65. The number of benzene rings is 2. The van der Waals surface area contributed by atoms with Gasteiger partial charge in [0.1, 0.15) is 18.2 Å². The van der Waals surface area contributed by atoms with Gasteiger partial charge in [-0.1, -0.05) is 35.4 Å². The molecule has 24 heavy (non-hydrogen) atoms. The Hall–Kier alpha value is -2.96. The summed E-state index contributed by atoms with van der Waals surface area (Å²) in [6.45, 7) is 3.59. The van der Waals surface area contributed by atoms with Crippen molar-refractivity contribution in [1.82, 2.24) is 20.2 Å². The lowest BCUT2D eigenvalue weighted by Gasteiger charge is -2.12. The first-order valence-corrected chi connectivity index (χ1v) is 7.71. The van der Waals surface area contributed by atoms with Crippen LogP contribution in [0.3, 0.4) is 0 Å². The van der Waals surface area contributed by atoms with Gasteiger partial charge in [0.2, 0.25) is 5.95 Å². The molecule has 0 aliphatic rings. The smallest absolute Gasteiger partial charge is 0.243 e. The fraction of sp³-hybridized carbons (Fsp3) is 0.235. The number of hydrogen-bond donors (Lipinski definition) is 1. The van der Waals surface area contributed by atoms with Gasteiger partial charge >= 0.3 is 0 Å². The lowest BCUT2D eigenvalue weighted by atomic mass is 10.2. The van der Waals surface area contributed by atoms with Gasteiger partial charge in [-0.2, -0.15) is 0 Å². The number of ether oxygens (including phenoxy) is 1. The van der Waals surface area contributed by atoms with Crippen LogP contribution in [0.25, 0.3) is 0 Å². The Labute approximate surface area is 139 Å². The number of anilines is 1. The van der Waals surface area contributed by atoms with E-state index in [0.717, 1.165) is 16.9 Å². The highest BCUT2D eigenvalue weighted by Gasteiger charge is 2.07. The quantitative estimate of drug-likeness (QED) is 0.722. The molecule has 0 spiro atoms. The van der Waals surface area contributed by atoms with E-state index in [2.05, 4.69) is 20.8 Å². The third-order valence-corrected chi connectivity index (χ3v) is 3.55. The Bertz CT molecular complexity index is 788. The van der Waals surface area contributed by atoms with Crippen LogP contribution in [0.1, 0.15) is 18.1 Å². The monoisotopic (exact) mass is 327 g/mol. The molecule has 0 bridgehead atoms. The molecule has 3 rings (SSSR count). The van der Waals surface area contributed by atoms with Gasteiger partial charge in [0.05, 0.1) is 0 Å². The minimum Gasteiger partial charge on any atom is -0.489 e. The lowest BCUT2D eigenvalue weighted by Crippen LogP contribution is -2.09. The van der Waals surface area contributed by atoms with Gasteiger partial charge in [0, 0.05) is 18.7 Å². The van der Waals surface area contributed by atoms with E-state index in [9.17, 15) is 4.39 Å². The highest BCUT2D eigenvalue weighted by atomic mass is 19.1. The van der Waals surface area contributed by atoms with Gasteiger partial charge in [-0.15, -0.1) is 0 Å². The molecule has 0 aliphatic heterocycles. The van der Waals surface area contributed by atoms with E-state index in [1.807, 2.05) is 31.2 Å². The molecule has 3 aromatic rings. The second-order valence-corrected chi connectivity index (χ2v) is 5.19. The van der Waals surface area contributed by atoms with Crippen molar-refractivity contribution >= 4 is 5.95 Å². The molecule has 6 nitrogen and oxygen atoms in total. The molecule has 2 aromatic carbocycles. The van der Waals surface area contributed by atoms with Crippen LogP contribution in [-0.4, -0.2) is 20.2 Å². The van der Waals surface area contributed by atoms with Crippen molar-refractivity contribution in [2.75, 3.05) is 5.32 Å². The first-order valence-electron chi connectivity index (χ1n) is 7.71. The molecule has 1 heterocycles. The van der Waals surface area contributed by atoms with Crippen LogP contribution >= 0.6 is 0 Å². The van der Waals surface area contributed by atoms with Crippen molar-refractivity contribution in [3.8, 4) is 5.75 Å². The van der Waals surface area contributed by atoms with Crippen LogP contribution in [0.15, 0.2) is 48.5 Å². The Kier molecular flexibility index (Phi) is 5.00. The molecule has 1 aromatic heterocycles. The average molecular weight is 327 g/mol. The maximum absolute atomic E-state index is 12.9. The van der Waals surface area contributed by atoms with Crippen LogP contribution in [0, 0.1) is 5.82 Å². The number of tetrazole rings is 1. The number of para-hydroxylation sites is 1. The largest absolute Gasteiger partial charge is 0.489 e. The van der Waals surface area contributed by atoms with Crippen LogP contribution in [0.5, 0.6) is 5.75 Å². The van der Waals surface area contributed by atoms with Crippen molar-refractivity contribution < 1.29 is 9.13 Å². The summed E-state index contributed by atoms with van der Waals surface area (Å²) in [6.07, 6.45) is 0. The molecule has 0 saturated heterocycles. The maximum Gasteiger partial charge on any atom is 0.243 e. The molecule has 1 N–H and O–H groups in total. The summed E-state index contributed by atoms with van der Waals surface area (Å²) in [5.74, 6) is 1.13. The number of aromatic nitrogens is 4. The molecule has 0 atom stereocenters. The van der Waals surface area contributed by atoms with Crippen LogP contribution < -0.4 is 10.1 Å². The van der Waals surface area contributed by atoms with Crippen LogP contribution in [-0.2, 0) is 19.7 Å². The minimum absolute atomic E-state index is 0.253. The summed E-state index contributed by atoms with van der Waals surface area (Å²) in [7, 11) is 0. The highest BCUT2D eigenvalue weighted by molar-refractivity contribution is 5.37. The fourth-order valence-electron chi connectivity index (χ4n) is 2.25. The number of rotatable bonds is 7. The maximum atomic E-state index is 12.9. The SMILES string of the molecule is CCn1nnnc1NCc1ccccc1OCc1ccc(F)cc1. The van der Waals surface area contributed by atoms with Crippen molar-refractivity contribution in [3.05, 3.63) is 65.5 Å². The molecule has 0 amide bonds. The van der Waals surface area contributed by atoms with E-state index >= 15 is 0 Å². The van der Waals surface area contributed by atoms with E-state index in [0.29, 0.717) is 25.6 Å². The number of hydrogen-bond acceptors (Lipinski definition) is 5. The summed E-state index contributed by atoms with van der Waals surface area (Å²) in [5, 5.41) is 14.7. The van der Waals surface area contributed by atoms with Gasteiger partial charge in [0.25, 0.3) is 0 Å². The van der Waals surface area contributed by atoms with Gasteiger partial charge in [-0.05, 0) is 41.1 Å². The van der Waals surface area contributed by atoms with E-state index in [1.165, 1.54) is 12.1 Å². The molecule has 0 unspecified atom stereocenters. The van der Waals surface area contributed by atoms with Crippen LogP contribution in [0.2, 0.25) is 0 Å². The average Bonchev–Trinajstić information content (AvgIpc) is 3.08. The third kappa shape index (κ3) is 3.87. The highest BCUT2D eigenvalue weighted by Crippen LogP contribution is 2.20. The summed E-state index contributed by atoms with van der Waals surface area (Å²) in [4.78, 5) is 0. The van der Waals surface area contributed by atoms with Crippen molar-refractivity contribution in [1.29, 1.82) is 0 Å². The number of halogens is 1. The second-order valence-electron chi connectivity index (χ2n) is 5.19. The van der Waals surface area contributed by atoms with Gasteiger partial charge in [-0.25, -0.2) is 9.07 Å². The molecule has 0 aliphatic carbocycles. The number of aryl methyl sites for hydroxylation is 1. The van der Waals surface area contributed by atoms with Crippen molar-refractivity contribution in [2.24, 2.45) is 0 Å².